The summed E-state index contributed by atoms with van der Waals surface area (Å²) < 4.78 is 0. The maximum atomic E-state index is 12.4. The first-order valence-corrected chi connectivity index (χ1v) is 11.4. The summed E-state index contributed by atoms with van der Waals surface area (Å²) in [5.74, 6) is -3.60. The highest BCUT2D eigenvalue weighted by atomic mass is 16.7. The van der Waals surface area contributed by atoms with E-state index < -0.39 is 35.6 Å². The summed E-state index contributed by atoms with van der Waals surface area (Å²) in [6, 6.07) is -0.746. The lowest BCUT2D eigenvalue weighted by Crippen LogP contribution is -2.52. The molecular formula is C21H27N5O9. The van der Waals surface area contributed by atoms with E-state index in [1.54, 1.807) is 4.90 Å². The summed E-state index contributed by atoms with van der Waals surface area (Å²) in [5, 5.41) is 2.52. The number of piperazine rings is 1. The number of nitrogens with one attached hydrogen (secondary N) is 1. The quantitative estimate of drug-likeness (QED) is 0.232. The lowest BCUT2D eigenvalue weighted by atomic mass is 10.1. The van der Waals surface area contributed by atoms with Crippen LogP contribution in [0.3, 0.4) is 0 Å². The smallest absolute Gasteiger partial charge is 0.333 e. The molecule has 0 bridgehead atoms. The standard InChI is InChI=1S/C21H27N5O9/c27-14-13-19(32)25(21(34)22-14)8-2-1-3-15(28)23-9-11-24(12-10-23)16(29)6-7-20(33)35-26-17(30)4-5-18(26)31/h1-13H2,(H,22,27,34). The van der Waals surface area contributed by atoms with Crippen molar-refractivity contribution in [3.05, 3.63) is 0 Å². The summed E-state index contributed by atoms with van der Waals surface area (Å²) in [6.45, 7) is 1.40. The fourth-order valence-corrected chi connectivity index (χ4v) is 3.89. The monoisotopic (exact) mass is 493 g/mol. The van der Waals surface area contributed by atoms with Crippen molar-refractivity contribution in [3.63, 3.8) is 0 Å². The van der Waals surface area contributed by atoms with Crippen LogP contribution in [-0.2, 0) is 38.4 Å². The highest BCUT2D eigenvalue weighted by molar-refractivity contribution is 6.14. The van der Waals surface area contributed by atoms with Crippen LogP contribution in [-0.4, -0.2) is 99.9 Å². The number of rotatable bonds is 9. The molecule has 0 aliphatic carbocycles. The molecule has 3 aliphatic rings. The molecule has 3 aliphatic heterocycles. The molecule has 3 saturated heterocycles. The highest BCUT2D eigenvalue weighted by Crippen LogP contribution is 2.14. The molecule has 8 amide bonds. The number of carbonyl (C=O) groups excluding carboxylic acids is 8. The van der Waals surface area contributed by atoms with Gasteiger partial charge < -0.3 is 14.6 Å². The molecule has 190 valence electrons. The summed E-state index contributed by atoms with van der Waals surface area (Å²) >= 11 is 0. The number of hydrogen-bond donors (Lipinski definition) is 1. The minimum absolute atomic E-state index is 0.00845. The number of hydrogen-bond acceptors (Lipinski definition) is 9. The van der Waals surface area contributed by atoms with Crippen LogP contribution in [0.25, 0.3) is 0 Å². The average molecular weight is 493 g/mol. The molecule has 0 radical (unpaired) electrons. The van der Waals surface area contributed by atoms with Gasteiger partial charge in [-0.25, -0.2) is 9.59 Å². The highest BCUT2D eigenvalue weighted by Gasteiger charge is 2.33. The van der Waals surface area contributed by atoms with Gasteiger partial charge in [-0.2, -0.15) is 0 Å². The summed E-state index contributed by atoms with van der Waals surface area (Å²) in [6.07, 6.45) is 0.285. The van der Waals surface area contributed by atoms with Crippen LogP contribution in [0.2, 0.25) is 0 Å². The third-order valence-electron chi connectivity index (χ3n) is 5.85. The summed E-state index contributed by atoms with van der Waals surface area (Å²) in [5.41, 5.74) is 0. The Labute approximate surface area is 200 Å². The topological polar surface area (TPSA) is 171 Å². The van der Waals surface area contributed by atoms with Crippen LogP contribution >= 0.6 is 0 Å². The van der Waals surface area contributed by atoms with Crippen LogP contribution in [0.4, 0.5) is 4.79 Å². The number of imide groups is 3. The molecule has 3 heterocycles. The second-order valence-electron chi connectivity index (χ2n) is 8.34. The molecule has 0 aromatic rings. The van der Waals surface area contributed by atoms with Gasteiger partial charge in [0, 0.05) is 58.4 Å². The largest absolute Gasteiger partial charge is 0.339 e. The lowest BCUT2D eigenvalue weighted by Gasteiger charge is -2.35. The van der Waals surface area contributed by atoms with Crippen LogP contribution in [0, 0.1) is 0 Å². The maximum Gasteiger partial charge on any atom is 0.333 e. The molecule has 0 atom stereocenters. The van der Waals surface area contributed by atoms with Gasteiger partial charge in [-0.3, -0.25) is 39.0 Å². The third-order valence-corrected chi connectivity index (χ3v) is 5.85. The predicted octanol–water partition coefficient (Wildman–Crippen LogP) is -1.32. The molecule has 0 aromatic carbocycles. The zero-order valence-electron chi connectivity index (χ0n) is 19.2. The van der Waals surface area contributed by atoms with Crippen molar-refractivity contribution in [1.29, 1.82) is 0 Å². The lowest BCUT2D eigenvalue weighted by molar-refractivity contribution is -0.197. The Kier molecular flexibility index (Phi) is 8.49. The van der Waals surface area contributed by atoms with Crippen molar-refractivity contribution in [1.82, 2.24) is 25.1 Å². The summed E-state index contributed by atoms with van der Waals surface area (Å²) in [4.78, 5) is 103. The number of unbranched alkanes of at least 4 members (excludes halogenated alkanes) is 1. The first-order valence-electron chi connectivity index (χ1n) is 11.4. The second kappa shape index (κ2) is 11.5. The number of urea groups is 1. The van der Waals surface area contributed by atoms with E-state index in [4.69, 9.17) is 4.84 Å². The number of nitrogens with zero attached hydrogens (tertiary/aromatic N) is 4. The normalized spacial score (nSPS) is 18.8. The molecule has 14 heteroatoms. The Bertz CT molecular complexity index is 905. The second-order valence-corrected chi connectivity index (χ2v) is 8.34. The Morgan fingerprint density at radius 1 is 0.743 bits per heavy atom. The molecule has 3 rings (SSSR count). The van der Waals surface area contributed by atoms with E-state index in [1.807, 2.05) is 0 Å². The molecule has 14 nitrogen and oxygen atoms in total. The van der Waals surface area contributed by atoms with Gasteiger partial charge in [0.2, 0.25) is 23.6 Å². The van der Waals surface area contributed by atoms with Gasteiger partial charge in [0.15, 0.2) is 0 Å². The minimum Gasteiger partial charge on any atom is -0.339 e. The first kappa shape index (κ1) is 25.8. The van der Waals surface area contributed by atoms with E-state index in [-0.39, 0.29) is 56.9 Å². The third kappa shape index (κ3) is 6.83. The fourth-order valence-electron chi connectivity index (χ4n) is 3.89. The van der Waals surface area contributed by atoms with Crippen molar-refractivity contribution in [2.24, 2.45) is 0 Å². The van der Waals surface area contributed by atoms with Crippen LogP contribution in [0.1, 0.15) is 51.4 Å². The Balaban J connectivity index is 1.30. The predicted molar refractivity (Wildman–Crippen MR) is 113 cm³/mol. The average Bonchev–Trinajstić information content (AvgIpc) is 3.13. The van der Waals surface area contributed by atoms with E-state index in [0.29, 0.717) is 44.1 Å². The zero-order valence-corrected chi connectivity index (χ0v) is 19.2. The van der Waals surface area contributed by atoms with Gasteiger partial charge in [0.25, 0.3) is 11.8 Å². The number of hydroxylamine groups is 2. The van der Waals surface area contributed by atoms with Crippen LogP contribution in [0.5, 0.6) is 0 Å². The van der Waals surface area contributed by atoms with E-state index in [0.717, 1.165) is 4.90 Å². The maximum absolute atomic E-state index is 12.4. The molecule has 1 N–H and O–H groups in total. The van der Waals surface area contributed by atoms with Crippen molar-refractivity contribution < 1.29 is 43.2 Å². The van der Waals surface area contributed by atoms with Crippen molar-refractivity contribution in [2.75, 3.05) is 32.7 Å². The molecular weight excluding hydrogens is 466 g/mol. The van der Waals surface area contributed by atoms with Gasteiger partial charge in [0.1, 0.15) is 6.42 Å². The number of barbiturate groups is 1. The van der Waals surface area contributed by atoms with Gasteiger partial charge in [0.05, 0.1) is 6.42 Å². The van der Waals surface area contributed by atoms with E-state index >= 15 is 0 Å². The van der Waals surface area contributed by atoms with Gasteiger partial charge in [-0.05, 0) is 12.8 Å². The van der Waals surface area contributed by atoms with E-state index in [2.05, 4.69) is 5.32 Å². The minimum atomic E-state index is -0.842. The Hall–Kier alpha value is -3.84. The molecule has 3 fully saturated rings. The first-order chi connectivity index (χ1) is 16.7. The zero-order chi connectivity index (χ0) is 25.5. The molecule has 35 heavy (non-hydrogen) atoms. The van der Waals surface area contributed by atoms with Crippen molar-refractivity contribution >= 4 is 47.4 Å². The molecule has 0 aromatic heterocycles. The Morgan fingerprint density at radius 3 is 1.89 bits per heavy atom. The van der Waals surface area contributed by atoms with Crippen LogP contribution < -0.4 is 5.32 Å². The van der Waals surface area contributed by atoms with Crippen LogP contribution in [0.15, 0.2) is 0 Å². The molecule has 0 saturated carbocycles. The summed E-state index contributed by atoms with van der Waals surface area (Å²) in [7, 11) is 0. The fraction of sp³-hybridized carbons (Fsp3) is 0.619. The van der Waals surface area contributed by atoms with E-state index in [1.165, 1.54) is 4.90 Å². The molecule has 0 unspecified atom stereocenters. The van der Waals surface area contributed by atoms with Crippen molar-refractivity contribution in [3.8, 4) is 0 Å². The number of amides is 8. The van der Waals surface area contributed by atoms with Gasteiger partial charge in [-0.15, -0.1) is 5.06 Å². The van der Waals surface area contributed by atoms with Crippen molar-refractivity contribution in [2.45, 2.75) is 51.4 Å². The van der Waals surface area contributed by atoms with Gasteiger partial charge in [-0.1, -0.05) is 0 Å². The Morgan fingerprint density at radius 2 is 1.31 bits per heavy atom. The SMILES string of the molecule is O=C1CC(=O)N(CCCCC(=O)N2CCN(C(=O)CCC(=O)ON3C(=O)CCC3=O)CC2)C(=O)N1. The van der Waals surface area contributed by atoms with E-state index in [9.17, 15) is 38.4 Å². The van der Waals surface area contributed by atoms with Gasteiger partial charge >= 0.3 is 12.0 Å². The number of carbonyl (C=O) groups is 8. The molecule has 0 spiro atoms.